The van der Waals surface area contributed by atoms with Crippen LogP contribution in [0, 0.1) is 0 Å². The Labute approximate surface area is 111 Å². The van der Waals surface area contributed by atoms with Gasteiger partial charge in [-0.15, -0.1) is 12.4 Å². The molecule has 0 amide bonds. The van der Waals surface area contributed by atoms with E-state index in [1.165, 1.54) is 0 Å². The van der Waals surface area contributed by atoms with Crippen molar-refractivity contribution in [2.24, 2.45) is 0 Å². The van der Waals surface area contributed by atoms with Crippen molar-refractivity contribution in [3.05, 3.63) is 35.0 Å². The third kappa shape index (κ3) is 2.91. The number of nitrogens with one attached hydrogen (secondary N) is 1. The third-order valence-electron chi connectivity index (χ3n) is 2.29. The van der Waals surface area contributed by atoms with Gasteiger partial charge in [-0.3, -0.25) is 5.10 Å². The summed E-state index contributed by atoms with van der Waals surface area (Å²) < 4.78 is 5.07. The number of rotatable bonds is 3. The molecule has 6 heteroatoms. The molecule has 17 heavy (non-hydrogen) atoms. The van der Waals surface area contributed by atoms with Crippen LogP contribution >= 0.6 is 24.0 Å². The van der Waals surface area contributed by atoms with Gasteiger partial charge in [-0.1, -0.05) is 23.7 Å². The molecule has 0 saturated carbocycles. The van der Waals surface area contributed by atoms with Crippen molar-refractivity contribution in [2.75, 3.05) is 12.8 Å². The summed E-state index contributed by atoms with van der Waals surface area (Å²) in [5.74, 6) is 0.467. The number of benzene rings is 1. The molecule has 0 unspecified atom stereocenters. The number of aromatic amines is 1. The highest BCUT2D eigenvalue weighted by molar-refractivity contribution is 6.30. The summed E-state index contributed by atoms with van der Waals surface area (Å²) in [6.45, 7) is 0.447. The van der Waals surface area contributed by atoms with Crippen molar-refractivity contribution in [3.63, 3.8) is 0 Å². The second kappa shape index (κ2) is 5.91. The van der Waals surface area contributed by atoms with E-state index in [1.807, 2.05) is 24.3 Å². The van der Waals surface area contributed by atoms with Crippen LogP contribution in [0.4, 0.5) is 5.82 Å². The van der Waals surface area contributed by atoms with Gasteiger partial charge in [0, 0.05) is 17.7 Å². The highest BCUT2D eigenvalue weighted by Gasteiger charge is 2.12. The standard InChI is InChI=1S/C11H12ClN3O.ClH/c1-16-6-9-10(11(13)15-14-9)7-2-4-8(12)5-3-7;/h2-5H,6H2,1H3,(H3,13,14,15);1H. The molecule has 1 aromatic carbocycles. The van der Waals surface area contributed by atoms with Crippen molar-refractivity contribution in [1.29, 1.82) is 0 Å². The van der Waals surface area contributed by atoms with Crippen molar-refractivity contribution in [2.45, 2.75) is 6.61 Å². The van der Waals surface area contributed by atoms with Gasteiger partial charge in [-0.25, -0.2) is 0 Å². The first kappa shape index (κ1) is 13.8. The number of halogens is 2. The van der Waals surface area contributed by atoms with Crippen LogP contribution in [0.1, 0.15) is 5.69 Å². The minimum atomic E-state index is 0. The molecule has 0 aliphatic rings. The monoisotopic (exact) mass is 273 g/mol. The normalized spacial score (nSPS) is 10.0. The maximum atomic E-state index is 5.83. The molecule has 0 aliphatic heterocycles. The molecule has 3 N–H and O–H groups in total. The molecule has 2 rings (SSSR count). The number of nitrogen functional groups attached to an aromatic ring is 1. The molecule has 0 saturated heterocycles. The van der Waals surface area contributed by atoms with Gasteiger partial charge in [0.05, 0.1) is 12.3 Å². The molecule has 1 heterocycles. The Morgan fingerprint density at radius 2 is 2.00 bits per heavy atom. The van der Waals surface area contributed by atoms with Crippen LogP contribution in [0.2, 0.25) is 5.02 Å². The van der Waals surface area contributed by atoms with Crippen LogP contribution in [0.5, 0.6) is 0 Å². The maximum Gasteiger partial charge on any atom is 0.153 e. The zero-order valence-corrected chi connectivity index (χ0v) is 10.8. The average Bonchev–Trinajstić information content (AvgIpc) is 2.62. The van der Waals surface area contributed by atoms with Gasteiger partial charge in [0.2, 0.25) is 0 Å². The maximum absolute atomic E-state index is 5.83. The molecule has 0 spiro atoms. The summed E-state index contributed by atoms with van der Waals surface area (Å²) in [6, 6.07) is 7.45. The number of anilines is 1. The first-order chi connectivity index (χ1) is 7.72. The molecule has 0 atom stereocenters. The van der Waals surface area contributed by atoms with E-state index in [0.29, 0.717) is 17.4 Å². The Hall–Kier alpha value is -1.23. The van der Waals surface area contributed by atoms with Gasteiger partial charge in [-0.2, -0.15) is 5.10 Å². The number of nitrogens with two attached hydrogens (primary N) is 1. The Bertz CT molecular complexity index is 482. The Kier molecular flexibility index (Phi) is 4.81. The fourth-order valence-electron chi connectivity index (χ4n) is 1.58. The lowest BCUT2D eigenvalue weighted by Gasteiger charge is -2.03. The van der Waals surface area contributed by atoms with Crippen LogP contribution < -0.4 is 5.73 Å². The molecule has 92 valence electrons. The second-order valence-corrected chi connectivity index (χ2v) is 3.84. The minimum absolute atomic E-state index is 0. The number of methoxy groups -OCH3 is 1. The summed E-state index contributed by atoms with van der Waals surface area (Å²) in [4.78, 5) is 0. The fourth-order valence-corrected chi connectivity index (χ4v) is 1.71. The van der Waals surface area contributed by atoms with Crippen LogP contribution in [-0.4, -0.2) is 17.3 Å². The van der Waals surface area contributed by atoms with Gasteiger partial charge in [-0.05, 0) is 17.7 Å². The molecule has 0 radical (unpaired) electrons. The van der Waals surface area contributed by atoms with Crippen LogP contribution in [0.15, 0.2) is 24.3 Å². The molecule has 4 nitrogen and oxygen atoms in total. The number of hydrogen-bond acceptors (Lipinski definition) is 3. The Morgan fingerprint density at radius 3 is 2.59 bits per heavy atom. The van der Waals surface area contributed by atoms with Crippen molar-refractivity contribution >= 4 is 29.8 Å². The van der Waals surface area contributed by atoms with E-state index in [2.05, 4.69) is 10.2 Å². The largest absolute Gasteiger partial charge is 0.382 e. The summed E-state index contributed by atoms with van der Waals surface area (Å²) >= 11 is 5.83. The predicted octanol–water partition coefficient (Wildman–Crippen LogP) is 2.88. The van der Waals surface area contributed by atoms with E-state index >= 15 is 0 Å². The van der Waals surface area contributed by atoms with E-state index < -0.39 is 0 Å². The lowest BCUT2D eigenvalue weighted by atomic mass is 10.1. The van der Waals surface area contributed by atoms with Gasteiger partial charge < -0.3 is 10.5 Å². The van der Waals surface area contributed by atoms with E-state index in [9.17, 15) is 0 Å². The van der Waals surface area contributed by atoms with Gasteiger partial charge in [0.15, 0.2) is 5.82 Å². The molecule has 0 aliphatic carbocycles. The first-order valence-corrected chi connectivity index (χ1v) is 5.17. The summed E-state index contributed by atoms with van der Waals surface area (Å²) in [5.41, 5.74) is 8.52. The quantitative estimate of drug-likeness (QED) is 0.904. The number of H-pyrrole nitrogens is 1. The van der Waals surface area contributed by atoms with Gasteiger partial charge in [0.1, 0.15) is 0 Å². The smallest absolute Gasteiger partial charge is 0.153 e. The first-order valence-electron chi connectivity index (χ1n) is 4.80. The van der Waals surface area contributed by atoms with Crippen molar-refractivity contribution in [1.82, 2.24) is 10.2 Å². The topological polar surface area (TPSA) is 63.9 Å². The van der Waals surface area contributed by atoms with Crippen LogP contribution in [-0.2, 0) is 11.3 Å². The van der Waals surface area contributed by atoms with E-state index in [-0.39, 0.29) is 12.4 Å². The van der Waals surface area contributed by atoms with Crippen LogP contribution in [0.25, 0.3) is 11.1 Å². The molecular formula is C11H13Cl2N3O. The Balaban J connectivity index is 0.00000144. The lowest BCUT2D eigenvalue weighted by Crippen LogP contribution is -1.92. The lowest BCUT2D eigenvalue weighted by molar-refractivity contribution is 0.182. The summed E-state index contributed by atoms with van der Waals surface area (Å²) in [6.07, 6.45) is 0. The molecule has 1 aromatic heterocycles. The van der Waals surface area contributed by atoms with Gasteiger partial charge >= 0.3 is 0 Å². The average molecular weight is 274 g/mol. The number of hydrogen-bond donors (Lipinski definition) is 2. The molecular weight excluding hydrogens is 261 g/mol. The molecule has 2 aromatic rings. The molecule has 0 bridgehead atoms. The zero-order valence-electron chi connectivity index (χ0n) is 9.24. The summed E-state index contributed by atoms with van der Waals surface area (Å²) in [5, 5.41) is 7.52. The van der Waals surface area contributed by atoms with Crippen molar-refractivity contribution < 1.29 is 4.74 Å². The van der Waals surface area contributed by atoms with Crippen LogP contribution in [0.3, 0.4) is 0 Å². The predicted molar refractivity (Wildman–Crippen MR) is 71.4 cm³/mol. The highest BCUT2D eigenvalue weighted by atomic mass is 35.5. The zero-order chi connectivity index (χ0) is 11.5. The molecule has 0 fully saturated rings. The number of nitrogens with zero attached hydrogens (tertiary/aromatic N) is 1. The van der Waals surface area contributed by atoms with E-state index in [4.69, 9.17) is 22.1 Å². The summed E-state index contributed by atoms with van der Waals surface area (Å²) in [7, 11) is 1.63. The Morgan fingerprint density at radius 1 is 1.35 bits per heavy atom. The van der Waals surface area contributed by atoms with E-state index in [1.54, 1.807) is 7.11 Å². The highest BCUT2D eigenvalue weighted by Crippen LogP contribution is 2.29. The number of aromatic nitrogens is 2. The number of ether oxygens (including phenoxy) is 1. The fraction of sp³-hybridized carbons (Fsp3) is 0.182. The van der Waals surface area contributed by atoms with Crippen molar-refractivity contribution in [3.8, 4) is 11.1 Å². The minimum Gasteiger partial charge on any atom is -0.382 e. The van der Waals surface area contributed by atoms with E-state index in [0.717, 1.165) is 16.8 Å². The third-order valence-corrected chi connectivity index (χ3v) is 2.54. The second-order valence-electron chi connectivity index (χ2n) is 3.40. The van der Waals surface area contributed by atoms with Gasteiger partial charge in [0.25, 0.3) is 0 Å². The SMILES string of the molecule is COCc1[nH]nc(N)c1-c1ccc(Cl)cc1.Cl.